The van der Waals surface area contributed by atoms with Crippen LogP contribution in [0, 0.1) is 0 Å². The molecular formula is C14H13N3OS. The number of rotatable bonds is 3. The zero-order chi connectivity index (χ0) is 13.2. The summed E-state index contributed by atoms with van der Waals surface area (Å²) >= 11 is 1.64. The highest BCUT2D eigenvalue weighted by molar-refractivity contribution is 7.08. The third-order valence-corrected chi connectivity index (χ3v) is 3.65. The molecule has 0 atom stereocenters. The summed E-state index contributed by atoms with van der Waals surface area (Å²) in [7, 11) is 1.65. The lowest BCUT2D eigenvalue weighted by Crippen LogP contribution is -1.89. The van der Waals surface area contributed by atoms with Gasteiger partial charge in [0.25, 0.3) is 0 Å². The van der Waals surface area contributed by atoms with Crippen LogP contribution in [0.1, 0.15) is 0 Å². The highest BCUT2D eigenvalue weighted by Gasteiger charge is 2.15. The van der Waals surface area contributed by atoms with Gasteiger partial charge in [-0.2, -0.15) is 16.4 Å². The second-order valence-corrected chi connectivity index (χ2v) is 4.88. The summed E-state index contributed by atoms with van der Waals surface area (Å²) in [5.74, 6) is 1.30. The minimum Gasteiger partial charge on any atom is -0.497 e. The van der Waals surface area contributed by atoms with Crippen molar-refractivity contribution in [3.05, 3.63) is 41.1 Å². The van der Waals surface area contributed by atoms with Gasteiger partial charge in [0.1, 0.15) is 5.75 Å². The van der Waals surface area contributed by atoms with Crippen molar-refractivity contribution in [2.75, 3.05) is 12.8 Å². The van der Waals surface area contributed by atoms with Gasteiger partial charge in [0.2, 0.25) is 0 Å². The number of nitrogens with two attached hydrogens (primary N) is 1. The minimum atomic E-state index is 0.495. The van der Waals surface area contributed by atoms with Crippen LogP contribution in [0.2, 0.25) is 0 Å². The van der Waals surface area contributed by atoms with Crippen LogP contribution >= 0.6 is 11.3 Å². The Bertz CT molecular complexity index is 689. The van der Waals surface area contributed by atoms with Crippen LogP contribution in [0.5, 0.6) is 5.75 Å². The Kier molecular flexibility index (Phi) is 2.97. The van der Waals surface area contributed by atoms with E-state index in [0.717, 1.165) is 28.1 Å². The summed E-state index contributed by atoms with van der Waals surface area (Å²) < 4.78 is 5.25. The number of hydrogen-bond donors (Lipinski definition) is 2. The number of benzene rings is 1. The van der Waals surface area contributed by atoms with Crippen molar-refractivity contribution >= 4 is 17.2 Å². The van der Waals surface area contributed by atoms with E-state index in [1.165, 1.54) is 0 Å². The Balaban J connectivity index is 2.16. The number of nitrogens with one attached hydrogen (secondary N) is 1. The first-order valence-corrected chi connectivity index (χ1v) is 6.74. The maximum absolute atomic E-state index is 5.99. The van der Waals surface area contributed by atoms with Gasteiger partial charge in [0, 0.05) is 10.9 Å². The SMILES string of the molecule is COc1cccc(-c2c(N)n[nH]c2-c2ccsc2)c1. The summed E-state index contributed by atoms with van der Waals surface area (Å²) in [6, 6.07) is 9.85. The molecule has 0 saturated carbocycles. The molecule has 3 rings (SSSR count). The molecule has 19 heavy (non-hydrogen) atoms. The van der Waals surface area contributed by atoms with E-state index in [1.54, 1.807) is 18.4 Å². The van der Waals surface area contributed by atoms with E-state index in [1.807, 2.05) is 35.7 Å². The molecule has 0 aliphatic heterocycles. The van der Waals surface area contributed by atoms with E-state index >= 15 is 0 Å². The molecule has 0 unspecified atom stereocenters. The molecule has 3 N–H and O–H groups in total. The van der Waals surface area contributed by atoms with Crippen molar-refractivity contribution in [1.29, 1.82) is 0 Å². The number of anilines is 1. The first-order chi connectivity index (χ1) is 9.29. The number of ether oxygens (including phenoxy) is 1. The minimum absolute atomic E-state index is 0.495. The van der Waals surface area contributed by atoms with Gasteiger partial charge in [-0.3, -0.25) is 5.10 Å². The molecule has 96 valence electrons. The second-order valence-electron chi connectivity index (χ2n) is 4.10. The number of nitrogens with zero attached hydrogens (tertiary/aromatic N) is 1. The monoisotopic (exact) mass is 271 g/mol. The molecule has 0 aliphatic carbocycles. The lowest BCUT2D eigenvalue weighted by Gasteiger charge is -2.05. The number of hydrogen-bond acceptors (Lipinski definition) is 4. The Hall–Kier alpha value is -2.27. The summed E-state index contributed by atoms with van der Waals surface area (Å²) in [4.78, 5) is 0. The van der Waals surface area contributed by atoms with Crippen molar-refractivity contribution in [2.45, 2.75) is 0 Å². The molecule has 0 radical (unpaired) electrons. The van der Waals surface area contributed by atoms with Crippen LogP contribution in [0.25, 0.3) is 22.4 Å². The van der Waals surface area contributed by atoms with Gasteiger partial charge < -0.3 is 10.5 Å². The van der Waals surface area contributed by atoms with Crippen LogP contribution in [0.3, 0.4) is 0 Å². The predicted octanol–water partition coefficient (Wildman–Crippen LogP) is 3.40. The van der Waals surface area contributed by atoms with Crippen LogP contribution in [-0.4, -0.2) is 17.3 Å². The number of methoxy groups -OCH3 is 1. The molecule has 4 nitrogen and oxygen atoms in total. The number of thiophene rings is 1. The molecule has 5 heteroatoms. The molecule has 0 amide bonds. The zero-order valence-corrected chi connectivity index (χ0v) is 11.2. The maximum Gasteiger partial charge on any atom is 0.153 e. The van der Waals surface area contributed by atoms with Crippen molar-refractivity contribution in [1.82, 2.24) is 10.2 Å². The van der Waals surface area contributed by atoms with Gasteiger partial charge in [0.05, 0.1) is 18.4 Å². The van der Waals surface area contributed by atoms with E-state index in [0.29, 0.717) is 5.82 Å². The molecule has 0 saturated heterocycles. The van der Waals surface area contributed by atoms with Crippen molar-refractivity contribution in [2.24, 2.45) is 0 Å². The quantitative estimate of drug-likeness (QED) is 0.767. The van der Waals surface area contributed by atoms with Crippen molar-refractivity contribution in [3.63, 3.8) is 0 Å². The second kappa shape index (κ2) is 4.78. The molecule has 0 aliphatic rings. The largest absolute Gasteiger partial charge is 0.497 e. The summed E-state index contributed by atoms with van der Waals surface area (Å²) in [6.07, 6.45) is 0. The summed E-state index contributed by atoms with van der Waals surface area (Å²) in [5.41, 5.74) is 9.92. The lowest BCUT2D eigenvalue weighted by atomic mass is 10.0. The topological polar surface area (TPSA) is 63.9 Å². The fourth-order valence-corrected chi connectivity index (χ4v) is 2.69. The first kappa shape index (κ1) is 11.8. The normalized spacial score (nSPS) is 10.6. The Morgan fingerprint density at radius 2 is 2.16 bits per heavy atom. The van der Waals surface area contributed by atoms with E-state index in [9.17, 15) is 0 Å². The average Bonchev–Trinajstić information content (AvgIpc) is 3.07. The summed E-state index contributed by atoms with van der Waals surface area (Å²) in [6.45, 7) is 0. The van der Waals surface area contributed by atoms with E-state index in [4.69, 9.17) is 10.5 Å². The lowest BCUT2D eigenvalue weighted by molar-refractivity contribution is 0.415. The fraction of sp³-hybridized carbons (Fsp3) is 0.0714. The molecule has 0 spiro atoms. The predicted molar refractivity (Wildman–Crippen MR) is 78.3 cm³/mol. The standard InChI is InChI=1S/C14H13N3OS/c1-18-11-4-2-3-9(7-11)12-13(16-17-14(12)15)10-5-6-19-8-10/h2-8H,1H3,(H3,15,16,17). The van der Waals surface area contributed by atoms with Gasteiger partial charge in [0.15, 0.2) is 5.82 Å². The Labute approximate surface area is 114 Å². The fourth-order valence-electron chi connectivity index (χ4n) is 2.04. The van der Waals surface area contributed by atoms with E-state index in [-0.39, 0.29) is 0 Å². The van der Waals surface area contributed by atoms with Crippen molar-refractivity contribution in [3.8, 4) is 28.1 Å². The third kappa shape index (κ3) is 2.08. The Morgan fingerprint density at radius 1 is 1.26 bits per heavy atom. The number of H-pyrrole nitrogens is 1. The van der Waals surface area contributed by atoms with Gasteiger partial charge >= 0.3 is 0 Å². The zero-order valence-electron chi connectivity index (χ0n) is 10.4. The number of aromatic nitrogens is 2. The van der Waals surface area contributed by atoms with E-state index < -0.39 is 0 Å². The first-order valence-electron chi connectivity index (χ1n) is 5.80. The van der Waals surface area contributed by atoms with Crippen LogP contribution < -0.4 is 10.5 Å². The molecule has 2 aromatic heterocycles. The maximum atomic E-state index is 5.99. The Morgan fingerprint density at radius 3 is 2.89 bits per heavy atom. The van der Waals surface area contributed by atoms with E-state index in [2.05, 4.69) is 15.6 Å². The highest BCUT2D eigenvalue weighted by Crippen LogP contribution is 2.36. The van der Waals surface area contributed by atoms with Gasteiger partial charge in [-0.05, 0) is 29.1 Å². The molecule has 2 heterocycles. The molecular weight excluding hydrogens is 258 g/mol. The number of aromatic amines is 1. The average molecular weight is 271 g/mol. The van der Waals surface area contributed by atoms with Crippen LogP contribution in [0.4, 0.5) is 5.82 Å². The third-order valence-electron chi connectivity index (χ3n) is 2.96. The molecule has 3 aromatic rings. The number of nitrogen functional groups attached to an aromatic ring is 1. The van der Waals surface area contributed by atoms with Crippen LogP contribution in [0.15, 0.2) is 41.1 Å². The van der Waals surface area contributed by atoms with Crippen LogP contribution in [-0.2, 0) is 0 Å². The van der Waals surface area contributed by atoms with Gasteiger partial charge in [-0.25, -0.2) is 0 Å². The molecule has 0 bridgehead atoms. The molecule has 1 aromatic carbocycles. The van der Waals surface area contributed by atoms with Crippen molar-refractivity contribution < 1.29 is 4.74 Å². The highest BCUT2D eigenvalue weighted by atomic mass is 32.1. The van der Waals surface area contributed by atoms with Gasteiger partial charge in [-0.1, -0.05) is 12.1 Å². The molecule has 0 fully saturated rings. The summed E-state index contributed by atoms with van der Waals surface area (Å²) in [5, 5.41) is 11.2. The smallest absolute Gasteiger partial charge is 0.153 e. The van der Waals surface area contributed by atoms with Gasteiger partial charge in [-0.15, -0.1) is 0 Å².